The van der Waals surface area contributed by atoms with Crippen LogP contribution in [0, 0.1) is 0 Å². The fourth-order valence-electron chi connectivity index (χ4n) is 3.44. The van der Waals surface area contributed by atoms with E-state index in [1.165, 1.54) is 5.56 Å². The Morgan fingerprint density at radius 3 is 2.21 bits per heavy atom. The maximum Gasteiger partial charge on any atom is 0.315 e. The van der Waals surface area contributed by atoms with E-state index < -0.39 is 0 Å². The highest BCUT2D eigenvalue weighted by atomic mass is 16.7. The summed E-state index contributed by atoms with van der Waals surface area (Å²) < 4.78 is 10.9. The van der Waals surface area contributed by atoms with E-state index in [0.29, 0.717) is 13.0 Å². The Hall–Kier alpha value is -3.47. The maximum absolute atomic E-state index is 12.5. The molecule has 0 saturated heterocycles. The summed E-state index contributed by atoms with van der Waals surface area (Å²) in [5.41, 5.74) is 3.35. The molecule has 5 nitrogen and oxygen atoms in total. The van der Waals surface area contributed by atoms with Crippen LogP contribution in [-0.2, 0) is 19.4 Å². The Balaban J connectivity index is 1.42. The molecule has 0 radical (unpaired) electrons. The van der Waals surface area contributed by atoms with Gasteiger partial charge in [-0.25, -0.2) is 4.79 Å². The molecule has 148 valence electrons. The summed E-state index contributed by atoms with van der Waals surface area (Å²) in [6.07, 6.45) is 1.44. The predicted octanol–water partition coefficient (Wildman–Crippen LogP) is 4.07. The lowest BCUT2D eigenvalue weighted by Gasteiger charge is -2.20. The zero-order valence-electron chi connectivity index (χ0n) is 16.1. The molecule has 3 aromatic carbocycles. The van der Waals surface area contributed by atoms with E-state index in [-0.39, 0.29) is 18.9 Å². The van der Waals surface area contributed by atoms with Crippen LogP contribution in [0.5, 0.6) is 11.5 Å². The third kappa shape index (κ3) is 5.29. The van der Waals surface area contributed by atoms with Gasteiger partial charge in [-0.15, -0.1) is 0 Å². The van der Waals surface area contributed by atoms with E-state index in [2.05, 4.69) is 22.8 Å². The summed E-state index contributed by atoms with van der Waals surface area (Å²) >= 11 is 0. The molecule has 5 heteroatoms. The molecule has 0 spiro atoms. The lowest BCUT2D eigenvalue weighted by molar-refractivity contribution is 0.174. The van der Waals surface area contributed by atoms with Crippen molar-refractivity contribution in [2.75, 3.05) is 6.79 Å². The van der Waals surface area contributed by atoms with Crippen molar-refractivity contribution in [3.8, 4) is 11.5 Å². The van der Waals surface area contributed by atoms with Gasteiger partial charge in [-0.2, -0.15) is 0 Å². The fraction of sp³-hybridized carbons (Fsp3) is 0.208. The van der Waals surface area contributed by atoms with Crippen molar-refractivity contribution in [2.45, 2.75) is 25.4 Å². The summed E-state index contributed by atoms with van der Waals surface area (Å²) in [6, 6.07) is 25.8. The van der Waals surface area contributed by atoms with Gasteiger partial charge in [-0.05, 0) is 41.7 Å². The first-order valence-electron chi connectivity index (χ1n) is 9.77. The number of fused-ring (bicyclic) bond motifs is 1. The monoisotopic (exact) mass is 388 g/mol. The van der Waals surface area contributed by atoms with Crippen LogP contribution in [0.4, 0.5) is 4.79 Å². The predicted molar refractivity (Wildman–Crippen MR) is 112 cm³/mol. The van der Waals surface area contributed by atoms with Gasteiger partial charge in [0, 0.05) is 12.6 Å². The first kappa shape index (κ1) is 18.9. The van der Waals surface area contributed by atoms with E-state index in [4.69, 9.17) is 9.47 Å². The van der Waals surface area contributed by atoms with E-state index in [0.717, 1.165) is 29.0 Å². The van der Waals surface area contributed by atoms with E-state index >= 15 is 0 Å². The van der Waals surface area contributed by atoms with Crippen LogP contribution in [0.1, 0.15) is 16.7 Å². The lowest BCUT2D eigenvalue weighted by atomic mass is 9.98. The Kier molecular flexibility index (Phi) is 5.95. The summed E-state index contributed by atoms with van der Waals surface area (Å²) in [5, 5.41) is 6.08. The van der Waals surface area contributed by atoms with Gasteiger partial charge in [0.25, 0.3) is 0 Å². The van der Waals surface area contributed by atoms with E-state index in [9.17, 15) is 4.79 Å². The third-order valence-electron chi connectivity index (χ3n) is 4.88. The summed E-state index contributed by atoms with van der Waals surface area (Å²) in [7, 11) is 0. The van der Waals surface area contributed by atoms with Gasteiger partial charge < -0.3 is 20.1 Å². The molecule has 4 rings (SSSR count). The molecule has 1 aliphatic heterocycles. The number of hydrogen-bond acceptors (Lipinski definition) is 3. The number of benzene rings is 3. The number of urea groups is 1. The highest BCUT2D eigenvalue weighted by Crippen LogP contribution is 2.32. The molecule has 0 unspecified atom stereocenters. The number of amides is 2. The molecule has 1 aliphatic rings. The second-order valence-corrected chi connectivity index (χ2v) is 7.09. The standard InChI is InChI=1S/C24H24N2O3/c27-24(25-16-19-9-5-2-6-10-19)26-21(13-18-7-3-1-4-8-18)14-20-11-12-22-23(15-20)29-17-28-22/h1-12,15,21H,13-14,16-17H2,(H2,25,26,27)/t21-/m0/s1. The minimum Gasteiger partial charge on any atom is -0.454 e. The molecule has 0 fully saturated rings. The normalized spacial score (nSPS) is 13.0. The van der Waals surface area contributed by atoms with Crippen LogP contribution in [-0.4, -0.2) is 18.9 Å². The van der Waals surface area contributed by atoms with E-state index in [1.54, 1.807) is 0 Å². The van der Waals surface area contributed by atoms with Gasteiger partial charge in [-0.1, -0.05) is 66.7 Å². The molecule has 0 aromatic heterocycles. The zero-order valence-corrected chi connectivity index (χ0v) is 16.1. The molecule has 3 aromatic rings. The first-order valence-corrected chi connectivity index (χ1v) is 9.77. The summed E-state index contributed by atoms with van der Waals surface area (Å²) in [4.78, 5) is 12.5. The number of carbonyl (C=O) groups is 1. The van der Waals surface area contributed by atoms with Crippen molar-refractivity contribution in [1.29, 1.82) is 0 Å². The number of nitrogens with one attached hydrogen (secondary N) is 2. The van der Waals surface area contributed by atoms with Crippen LogP contribution >= 0.6 is 0 Å². The molecule has 1 heterocycles. The highest BCUT2D eigenvalue weighted by molar-refractivity contribution is 5.74. The third-order valence-corrected chi connectivity index (χ3v) is 4.88. The van der Waals surface area contributed by atoms with Gasteiger partial charge in [0.1, 0.15) is 0 Å². The summed E-state index contributed by atoms with van der Waals surface area (Å²) in [6.45, 7) is 0.751. The molecular weight excluding hydrogens is 364 g/mol. The van der Waals surface area contributed by atoms with Crippen molar-refractivity contribution in [1.82, 2.24) is 10.6 Å². The van der Waals surface area contributed by atoms with Crippen molar-refractivity contribution in [3.05, 3.63) is 95.6 Å². The number of rotatable bonds is 7. The average molecular weight is 388 g/mol. The zero-order chi connectivity index (χ0) is 19.9. The fourth-order valence-corrected chi connectivity index (χ4v) is 3.44. The van der Waals surface area contributed by atoms with Crippen LogP contribution in [0.2, 0.25) is 0 Å². The first-order chi connectivity index (χ1) is 14.3. The number of carbonyl (C=O) groups excluding carboxylic acids is 1. The second-order valence-electron chi connectivity index (χ2n) is 7.09. The number of ether oxygens (including phenoxy) is 2. The Morgan fingerprint density at radius 2 is 1.45 bits per heavy atom. The molecule has 2 amide bonds. The Labute approximate surface area is 170 Å². The minimum absolute atomic E-state index is 0.0476. The van der Waals surface area contributed by atoms with Gasteiger partial charge in [0.2, 0.25) is 6.79 Å². The molecule has 2 N–H and O–H groups in total. The van der Waals surface area contributed by atoms with Crippen LogP contribution in [0.3, 0.4) is 0 Å². The smallest absolute Gasteiger partial charge is 0.315 e. The molecular formula is C24H24N2O3. The molecule has 0 aliphatic carbocycles. The van der Waals surface area contributed by atoms with Crippen LogP contribution in [0.25, 0.3) is 0 Å². The molecule has 0 bridgehead atoms. The minimum atomic E-state index is -0.171. The molecule has 0 saturated carbocycles. The van der Waals surface area contributed by atoms with Gasteiger partial charge >= 0.3 is 6.03 Å². The van der Waals surface area contributed by atoms with Gasteiger partial charge in [0.05, 0.1) is 0 Å². The van der Waals surface area contributed by atoms with Crippen molar-refractivity contribution in [3.63, 3.8) is 0 Å². The van der Waals surface area contributed by atoms with E-state index in [1.807, 2.05) is 66.7 Å². The topological polar surface area (TPSA) is 59.6 Å². The highest BCUT2D eigenvalue weighted by Gasteiger charge is 2.17. The molecule has 1 atom stereocenters. The van der Waals surface area contributed by atoms with Crippen molar-refractivity contribution >= 4 is 6.03 Å². The maximum atomic E-state index is 12.5. The van der Waals surface area contributed by atoms with Crippen molar-refractivity contribution < 1.29 is 14.3 Å². The molecule has 29 heavy (non-hydrogen) atoms. The SMILES string of the molecule is O=C(NCc1ccccc1)N[C@@H](Cc1ccccc1)Cc1ccc2c(c1)OCO2. The summed E-state index contributed by atoms with van der Waals surface area (Å²) in [5.74, 6) is 1.52. The Bertz CT molecular complexity index is 945. The lowest BCUT2D eigenvalue weighted by Crippen LogP contribution is -2.43. The number of hydrogen-bond donors (Lipinski definition) is 2. The second kappa shape index (κ2) is 9.15. The van der Waals surface area contributed by atoms with Gasteiger partial charge in [0.15, 0.2) is 11.5 Å². The van der Waals surface area contributed by atoms with Crippen LogP contribution < -0.4 is 20.1 Å². The Morgan fingerprint density at radius 1 is 0.793 bits per heavy atom. The van der Waals surface area contributed by atoms with Crippen molar-refractivity contribution in [2.24, 2.45) is 0 Å². The quantitative estimate of drug-likeness (QED) is 0.641. The average Bonchev–Trinajstić information content (AvgIpc) is 3.22. The van der Waals surface area contributed by atoms with Crippen LogP contribution in [0.15, 0.2) is 78.9 Å². The largest absolute Gasteiger partial charge is 0.454 e. The van der Waals surface area contributed by atoms with Gasteiger partial charge in [-0.3, -0.25) is 0 Å².